The predicted molar refractivity (Wildman–Crippen MR) is 78.2 cm³/mol. The molecule has 0 aromatic carbocycles. The summed E-state index contributed by atoms with van der Waals surface area (Å²) < 4.78 is 0. The lowest BCUT2D eigenvalue weighted by atomic mass is 9.95. The van der Waals surface area contributed by atoms with Gasteiger partial charge in [-0.2, -0.15) is 0 Å². The second kappa shape index (κ2) is 5.95. The minimum atomic E-state index is 0.0678. The molecule has 1 aliphatic heterocycles. The zero-order chi connectivity index (χ0) is 13.9. The van der Waals surface area contributed by atoms with E-state index in [2.05, 4.69) is 5.32 Å². The highest BCUT2D eigenvalue weighted by atomic mass is 32.1. The van der Waals surface area contributed by atoms with E-state index in [1.165, 1.54) is 4.88 Å². The van der Waals surface area contributed by atoms with Crippen molar-refractivity contribution in [2.75, 3.05) is 13.1 Å². The maximum atomic E-state index is 12.1. The number of rotatable bonds is 4. The number of likely N-dealkylation sites (tertiary alicyclic amines) is 1. The van der Waals surface area contributed by atoms with Gasteiger partial charge in [0.25, 0.3) is 0 Å². The van der Waals surface area contributed by atoms with Gasteiger partial charge in [0, 0.05) is 29.8 Å². The van der Waals surface area contributed by atoms with Gasteiger partial charge in [-0.25, -0.2) is 0 Å². The lowest BCUT2D eigenvalue weighted by Gasteiger charge is -2.31. The van der Waals surface area contributed by atoms with Gasteiger partial charge in [0.1, 0.15) is 0 Å². The summed E-state index contributed by atoms with van der Waals surface area (Å²) in [5, 5.41) is 5.02. The molecule has 4 nitrogen and oxygen atoms in total. The molecule has 1 N–H and O–H groups in total. The topological polar surface area (TPSA) is 49.4 Å². The maximum Gasteiger partial charge on any atom is 0.225 e. The van der Waals surface area contributed by atoms with Crippen LogP contribution in [-0.2, 0) is 16.1 Å². The summed E-state index contributed by atoms with van der Waals surface area (Å²) in [7, 11) is 0. The molecule has 1 aromatic heterocycles. The second-order valence-electron chi connectivity index (χ2n) is 5.67. The lowest BCUT2D eigenvalue weighted by Crippen LogP contribution is -2.43. The van der Waals surface area contributed by atoms with Gasteiger partial charge in [-0.05, 0) is 37.1 Å². The maximum absolute atomic E-state index is 12.1. The minimum Gasteiger partial charge on any atom is -0.351 e. The van der Waals surface area contributed by atoms with Gasteiger partial charge in [-0.1, -0.05) is 6.07 Å². The van der Waals surface area contributed by atoms with Crippen molar-refractivity contribution in [3.63, 3.8) is 0 Å². The number of nitrogens with one attached hydrogen (secondary N) is 1. The van der Waals surface area contributed by atoms with E-state index in [1.807, 2.05) is 22.4 Å². The Labute approximate surface area is 123 Å². The molecule has 5 heteroatoms. The number of carbonyl (C=O) groups is 2. The van der Waals surface area contributed by atoms with Crippen molar-refractivity contribution in [1.82, 2.24) is 10.2 Å². The van der Waals surface area contributed by atoms with Crippen molar-refractivity contribution in [2.24, 2.45) is 11.8 Å². The molecule has 0 atom stereocenters. The summed E-state index contributed by atoms with van der Waals surface area (Å²) >= 11 is 1.66. The summed E-state index contributed by atoms with van der Waals surface area (Å²) in [6.07, 6.45) is 3.71. The van der Waals surface area contributed by atoms with Gasteiger partial charge < -0.3 is 10.2 Å². The Morgan fingerprint density at radius 3 is 2.55 bits per heavy atom. The first-order valence-electron chi connectivity index (χ1n) is 7.33. The number of carbonyl (C=O) groups excluding carboxylic acids is 2. The number of hydrogen-bond donors (Lipinski definition) is 1. The molecule has 0 radical (unpaired) electrons. The monoisotopic (exact) mass is 292 g/mol. The fraction of sp³-hybridized carbons (Fsp3) is 0.600. The van der Waals surface area contributed by atoms with Crippen LogP contribution >= 0.6 is 11.3 Å². The van der Waals surface area contributed by atoms with Crippen molar-refractivity contribution >= 4 is 23.2 Å². The van der Waals surface area contributed by atoms with Crippen LogP contribution in [0.5, 0.6) is 0 Å². The van der Waals surface area contributed by atoms with Crippen molar-refractivity contribution in [3.8, 4) is 0 Å². The lowest BCUT2D eigenvalue weighted by molar-refractivity contribution is -0.136. The molecule has 1 saturated carbocycles. The Bertz CT molecular complexity index is 474. The SMILES string of the molecule is O=C(NCc1cccs1)C1CCN(C(=O)C2CC2)CC1. The number of amides is 2. The quantitative estimate of drug-likeness (QED) is 0.923. The van der Waals surface area contributed by atoms with Crippen LogP contribution in [0.2, 0.25) is 0 Å². The van der Waals surface area contributed by atoms with Crippen molar-refractivity contribution in [2.45, 2.75) is 32.2 Å². The van der Waals surface area contributed by atoms with E-state index in [9.17, 15) is 9.59 Å². The van der Waals surface area contributed by atoms with E-state index in [1.54, 1.807) is 11.3 Å². The average molecular weight is 292 g/mol. The molecular weight excluding hydrogens is 272 g/mol. The van der Waals surface area contributed by atoms with Crippen molar-refractivity contribution < 1.29 is 9.59 Å². The number of piperidine rings is 1. The molecular formula is C15H20N2O2S. The van der Waals surface area contributed by atoms with Crippen LogP contribution in [0.3, 0.4) is 0 Å². The molecule has 108 valence electrons. The summed E-state index contributed by atoms with van der Waals surface area (Å²) in [6.45, 7) is 2.11. The largest absolute Gasteiger partial charge is 0.351 e. The third-order valence-electron chi connectivity index (χ3n) is 4.12. The van der Waals surface area contributed by atoms with Gasteiger partial charge in [0.15, 0.2) is 0 Å². The van der Waals surface area contributed by atoms with Crippen molar-refractivity contribution in [1.29, 1.82) is 0 Å². The normalized spacial score (nSPS) is 19.9. The average Bonchev–Trinajstić information content (AvgIpc) is 3.21. The Kier molecular flexibility index (Phi) is 4.05. The van der Waals surface area contributed by atoms with Crippen LogP contribution in [0.25, 0.3) is 0 Å². The Hall–Kier alpha value is -1.36. The number of thiophene rings is 1. The molecule has 1 aliphatic carbocycles. The number of nitrogens with zero attached hydrogens (tertiary/aromatic N) is 1. The van der Waals surface area contributed by atoms with Gasteiger partial charge in [0.2, 0.25) is 11.8 Å². The molecule has 20 heavy (non-hydrogen) atoms. The molecule has 0 spiro atoms. The fourth-order valence-electron chi connectivity index (χ4n) is 2.68. The first-order valence-corrected chi connectivity index (χ1v) is 8.21. The molecule has 1 aromatic rings. The highest BCUT2D eigenvalue weighted by Gasteiger charge is 2.35. The molecule has 2 heterocycles. The van der Waals surface area contributed by atoms with Crippen LogP contribution in [-0.4, -0.2) is 29.8 Å². The Balaban J connectivity index is 1.42. The van der Waals surface area contributed by atoms with E-state index in [0.29, 0.717) is 18.4 Å². The predicted octanol–water partition coefficient (Wildman–Crippen LogP) is 2.01. The molecule has 2 amide bonds. The second-order valence-corrected chi connectivity index (χ2v) is 6.70. The standard InChI is InChI=1S/C15H20N2O2S/c18-14(16-10-13-2-1-9-20-13)11-5-7-17(8-6-11)15(19)12-3-4-12/h1-2,9,11-12H,3-8,10H2,(H,16,18). The van der Waals surface area contributed by atoms with Crippen LogP contribution in [0.4, 0.5) is 0 Å². The minimum absolute atomic E-state index is 0.0678. The first-order chi connectivity index (χ1) is 9.74. The van der Waals surface area contributed by atoms with Gasteiger partial charge in [0.05, 0.1) is 6.54 Å². The number of hydrogen-bond acceptors (Lipinski definition) is 3. The molecule has 3 rings (SSSR count). The molecule has 2 aliphatic rings. The van der Waals surface area contributed by atoms with E-state index in [4.69, 9.17) is 0 Å². The Morgan fingerprint density at radius 2 is 1.95 bits per heavy atom. The fourth-order valence-corrected chi connectivity index (χ4v) is 3.33. The third-order valence-corrected chi connectivity index (χ3v) is 5.00. The summed E-state index contributed by atoms with van der Waals surface area (Å²) in [5.74, 6) is 0.803. The third kappa shape index (κ3) is 3.20. The van der Waals surface area contributed by atoms with E-state index < -0.39 is 0 Å². The van der Waals surface area contributed by atoms with Gasteiger partial charge in [-0.15, -0.1) is 11.3 Å². The first kappa shape index (κ1) is 13.6. The van der Waals surface area contributed by atoms with Crippen LogP contribution in [0, 0.1) is 11.8 Å². The summed E-state index contributed by atoms with van der Waals surface area (Å²) in [6, 6.07) is 4.02. The molecule has 0 bridgehead atoms. The molecule has 0 unspecified atom stereocenters. The zero-order valence-corrected chi connectivity index (χ0v) is 12.3. The summed E-state index contributed by atoms with van der Waals surface area (Å²) in [5.41, 5.74) is 0. The van der Waals surface area contributed by atoms with Gasteiger partial charge in [-0.3, -0.25) is 9.59 Å². The molecule has 2 fully saturated rings. The smallest absolute Gasteiger partial charge is 0.225 e. The molecule has 1 saturated heterocycles. The van der Waals surface area contributed by atoms with Crippen LogP contribution in [0.1, 0.15) is 30.6 Å². The van der Waals surface area contributed by atoms with Gasteiger partial charge >= 0.3 is 0 Å². The van der Waals surface area contributed by atoms with Crippen molar-refractivity contribution in [3.05, 3.63) is 22.4 Å². The van der Waals surface area contributed by atoms with Crippen LogP contribution in [0.15, 0.2) is 17.5 Å². The van der Waals surface area contributed by atoms with Crippen LogP contribution < -0.4 is 5.32 Å². The zero-order valence-electron chi connectivity index (χ0n) is 11.5. The summed E-state index contributed by atoms with van der Waals surface area (Å²) in [4.78, 5) is 27.2. The highest BCUT2D eigenvalue weighted by molar-refractivity contribution is 7.09. The highest BCUT2D eigenvalue weighted by Crippen LogP contribution is 2.32. The van der Waals surface area contributed by atoms with E-state index >= 15 is 0 Å². The van der Waals surface area contributed by atoms with E-state index in [-0.39, 0.29) is 11.8 Å². The Morgan fingerprint density at radius 1 is 1.20 bits per heavy atom. The van der Waals surface area contributed by atoms with E-state index in [0.717, 1.165) is 38.8 Å².